The molecule has 0 bridgehead atoms. The van der Waals surface area contributed by atoms with E-state index in [-0.39, 0.29) is 0 Å². The molecular weight excluding hydrogens is 119 g/mol. The Balaban J connectivity index is 2.40. The van der Waals surface area contributed by atoms with Crippen molar-refractivity contribution in [2.45, 2.75) is 19.8 Å². The molecule has 1 aliphatic heterocycles. The van der Waals surface area contributed by atoms with E-state index in [4.69, 9.17) is 0 Å². The van der Waals surface area contributed by atoms with E-state index < -0.39 is 7.49 Å². The molecule has 1 nitrogen and oxygen atoms in total. The summed E-state index contributed by atoms with van der Waals surface area (Å²) >= 11 is 0. The molecule has 0 unspecified atom stereocenters. The van der Waals surface area contributed by atoms with Crippen LogP contribution in [0.3, 0.4) is 0 Å². The van der Waals surface area contributed by atoms with Crippen LogP contribution in [-0.4, -0.2) is 23.4 Å². The average Bonchev–Trinajstić information content (AvgIpc) is 2.17. The monoisotopic (exact) mass is 133 g/mol. The Morgan fingerprint density at radius 3 is 2.12 bits per heavy atom. The van der Waals surface area contributed by atoms with Gasteiger partial charge in [-0.1, -0.05) is 6.92 Å². The van der Waals surface area contributed by atoms with Crippen molar-refractivity contribution < 1.29 is 4.89 Å². The Labute approximate surface area is 51.5 Å². The van der Waals surface area contributed by atoms with Crippen molar-refractivity contribution in [3.05, 3.63) is 0 Å². The van der Waals surface area contributed by atoms with Crippen molar-refractivity contribution in [1.29, 1.82) is 0 Å². The highest BCUT2D eigenvalue weighted by Crippen LogP contribution is 2.59. The Morgan fingerprint density at radius 1 is 1.38 bits per heavy atom. The van der Waals surface area contributed by atoms with E-state index in [9.17, 15) is 4.89 Å². The molecule has 1 saturated heterocycles. The van der Waals surface area contributed by atoms with Gasteiger partial charge >= 0.3 is 0 Å². The zero-order chi connectivity index (χ0) is 6.04. The first-order chi connectivity index (χ1) is 3.77. The highest BCUT2D eigenvalue weighted by atomic mass is 31.2. The fourth-order valence-corrected chi connectivity index (χ4v) is 3.72. The predicted molar refractivity (Wildman–Crippen MR) is 38.6 cm³/mol. The lowest BCUT2D eigenvalue weighted by Gasteiger charge is -2.21. The van der Waals surface area contributed by atoms with E-state index >= 15 is 0 Å². The van der Waals surface area contributed by atoms with Crippen LogP contribution in [0.1, 0.15) is 19.8 Å². The van der Waals surface area contributed by atoms with E-state index in [0.717, 1.165) is 18.5 Å². The highest BCUT2D eigenvalue weighted by Gasteiger charge is 2.25. The van der Waals surface area contributed by atoms with Crippen LogP contribution in [0, 0.1) is 0 Å². The minimum absolute atomic E-state index is 1.05. The molecule has 1 aliphatic rings. The fraction of sp³-hybridized carbons (Fsp3) is 1.00. The van der Waals surface area contributed by atoms with Crippen molar-refractivity contribution in [2.24, 2.45) is 0 Å². The van der Waals surface area contributed by atoms with Crippen molar-refractivity contribution >= 4 is 7.49 Å². The van der Waals surface area contributed by atoms with E-state index in [1.807, 2.05) is 0 Å². The summed E-state index contributed by atoms with van der Waals surface area (Å²) in [5, 5.41) is 0. The second kappa shape index (κ2) is 2.33. The Bertz CT molecular complexity index is 76.6. The van der Waals surface area contributed by atoms with Crippen molar-refractivity contribution in [3.8, 4) is 0 Å². The largest absolute Gasteiger partial charge is 0.380 e. The van der Waals surface area contributed by atoms with Gasteiger partial charge in [0.15, 0.2) is 0 Å². The van der Waals surface area contributed by atoms with Crippen molar-refractivity contribution in [2.75, 3.05) is 18.5 Å². The van der Waals surface area contributed by atoms with Crippen LogP contribution in [0.2, 0.25) is 0 Å². The number of hydrogen-bond donors (Lipinski definition) is 1. The van der Waals surface area contributed by atoms with Gasteiger partial charge < -0.3 is 4.89 Å². The lowest BCUT2D eigenvalue weighted by atomic mass is 10.4. The van der Waals surface area contributed by atoms with Gasteiger partial charge in [-0.05, 0) is 38.8 Å². The summed E-state index contributed by atoms with van der Waals surface area (Å²) in [5.74, 6) is 0. The Hall–Kier alpha value is 0.390. The molecule has 0 atom stereocenters. The molecule has 0 saturated carbocycles. The third kappa shape index (κ3) is 1.21. The first kappa shape index (κ1) is 6.51. The minimum atomic E-state index is -1.30. The van der Waals surface area contributed by atoms with E-state index in [2.05, 4.69) is 6.92 Å². The molecule has 1 N–H and O–H groups in total. The summed E-state index contributed by atoms with van der Waals surface area (Å²) in [5.41, 5.74) is 0. The molecule has 0 aromatic rings. The van der Waals surface area contributed by atoms with Crippen LogP contribution in [0.25, 0.3) is 0 Å². The lowest BCUT2D eigenvalue weighted by Crippen LogP contribution is -1.94. The number of rotatable bonds is 1. The van der Waals surface area contributed by atoms with Gasteiger partial charge in [-0.15, -0.1) is 0 Å². The predicted octanol–water partition coefficient (Wildman–Crippen LogP) is 1.72. The van der Waals surface area contributed by atoms with Crippen LogP contribution < -0.4 is 0 Å². The van der Waals surface area contributed by atoms with Gasteiger partial charge in [-0.25, -0.2) is 0 Å². The minimum Gasteiger partial charge on any atom is -0.380 e. The van der Waals surface area contributed by atoms with Crippen molar-refractivity contribution in [1.82, 2.24) is 0 Å². The topological polar surface area (TPSA) is 20.2 Å². The second-order valence-corrected chi connectivity index (χ2v) is 6.28. The SMILES string of the molecule is CC[P]1(O)CCCC1. The maximum atomic E-state index is 9.61. The van der Waals surface area contributed by atoms with Gasteiger partial charge in [0.25, 0.3) is 0 Å². The molecule has 0 aliphatic carbocycles. The summed E-state index contributed by atoms with van der Waals surface area (Å²) in [6, 6.07) is 0. The van der Waals surface area contributed by atoms with Crippen LogP contribution >= 0.6 is 7.49 Å². The van der Waals surface area contributed by atoms with Gasteiger partial charge in [0.2, 0.25) is 0 Å². The summed E-state index contributed by atoms with van der Waals surface area (Å²) in [6.45, 7) is 2.11. The van der Waals surface area contributed by atoms with E-state index in [0.29, 0.717) is 0 Å². The first-order valence-corrected chi connectivity index (χ1v) is 5.65. The summed E-state index contributed by atoms with van der Waals surface area (Å²) in [7, 11) is -1.30. The molecule has 1 rings (SSSR count). The van der Waals surface area contributed by atoms with Gasteiger partial charge in [-0.3, -0.25) is 0 Å². The third-order valence-corrected chi connectivity index (χ3v) is 5.46. The van der Waals surface area contributed by atoms with Crippen LogP contribution in [0.4, 0.5) is 0 Å². The second-order valence-electron chi connectivity index (χ2n) is 2.57. The van der Waals surface area contributed by atoms with Gasteiger partial charge in [0.05, 0.1) is 0 Å². The van der Waals surface area contributed by atoms with E-state index in [1.165, 1.54) is 12.8 Å². The van der Waals surface area contributed by atoms with Crippen LogP contribution in [0.5, 0.6) is 0 Å². The third-order valence-electron chi connectivity index (χ3n) is 1.99. The molecule has 1 heterocycles. The van der Waals surface area contributed by atoms with Crippen molar-refractivity contribution in [3.63, 3.8) is 0 Å². The molecular formula is C6H14OP. The molecule has 49 valence electrons. The summed E-state index contributed by atoms with van der Waals surface area (Å²) < 4.78 is 0. The molecule has 2 heteroatoms. The number of hydrogen-bond acceptors (Lipinski definition) is 1. The molecule has 1 radical (unpaired) electrons. The maximum absolute atomic E-state index is 9.61. The Kier molecular flexibility index (Phi) is 1.89. The van der Waals surface area contributed by atoms with Gasteiger partial charge in [0.1, 0.15) is 0 Å². The smallest absolute Gasteiger partial charge is 0.0137 e. The molecule has 0 aromatic carbocycles. The molecule has 0 aromatic heterocycles. The molecule has 0 amide bonds. The molecule has 0 spiro atoms. The van der Waals surface area contributed by atoms with Crippen LogP contribution in [-0.2, 0) is 0 Å². The maximum Gasteiger partial charge on any atom is -0.0137 e. The zero-order valence-electron chi connectivity index (χ0n) is 5.43. The standard InChI is InChI=1S/C6H14OP/c1-2-8(7)5-3-4-6-8/h7H,2-6H2,1H3. The average molecular weight is 133 g/mol. The lowest BCUT2D eigenvalue weighted by molar-refractivity contribution is 0.606. The van der Waals surface area contributed by atoms with Crippen LogP contribution in [0.15, 0.2) is 0 Å². The first-order valence-electron chi connectivity index (χ1n) is 3.36. The molecule has 8 heavy (non-hydrogen) atoms. The van der Waals surface area contributed by atoms with Gasteiger partial charge in [0, 0.05) is 0 Å². The molecule has 1 fully saturated rings. The Morgan fingerprint density at radius 2 is 1.88 bits per heavy atom. The fourth-order valence-electron chi connectivity index (χ4n) is 1.24. The summed E-state index contributed by atoms with van der Waals surface area (Å²) in [6.07, 6.45) is 5.89. The normalized spacial score (nSPS) is 26.2. The highest BCUT2D eigenvalue weighted by molar-refractivity contribution is 7.70. The van der Waals surface area contributed by atoms with Gasteiger partial charge in [-0.2, -0.15) is 0 Å². The summed E-state index contributed by atoms with van der Waals surface area (Å²) in [4.78, 5) is 9.61. The quantitative estimate of drug-likeness (QED) is 0.540. The zero-order valence-corrected chi connectivity index (χ0v) is 6.32. The van der Waals surface area contributed by atoms with E-state index in [1.54, 1.807) is 0 Å².